The van der Waals surface area contributed by atoms with E-state index in [0.29, 0.717) is 5.56 Å². The number of carboxylic acids is 2. The molecule has 4 atom stereocenters. The van der Waals surface area contributed by atoms with Crippen molar-refractivity contribution < 1.29 is 201 Å². The Morgan fingerprint density at radius 2 is 1.34 bits per heavy atom. The molecular weight excluding hydrogens is 773 g/mol. The van der Waals surface area contributed by atoms with Gasteiger partial charge in [-0.05, 0) is 37.1 Å². The third-order valence-corrected chi connectivity index (χ3v) is 7.53. The zero-order valence-electron chi connectivity index (χ0n) is 29.0. The summed E-state index contributed by atoms with van der Waals surface area (Å²) in [5.41, 5.74) is 0.226. The number of aliphatic carboxylic acids is 2. The van der Waals surface area contributed by atoms with Gasteiger partial charge in [-0.25, -0.2) is 0 Å². The first-order valence-corrected chi connectivity index (χ1v) is 14.7. The van der Waals surface area contributed by atoms with Gasteiger partial charge >= 0.3 is 122 Å². The number of phenols is 3. The number of carbonyl (C=O) groups excluding carboxylic acids is 5. The minimum absolute atomic E-state index is 0. The molecule has 20 heteroatoms. The summed E-state index contributed by atoms with van der Waals surface area (Å²) in [6, 6.07) is 10.6. The standard InChI is InChI=1S/C33H30O16.ClH.K.2Na/c1-44-21-10-15(2-4-18(21)35)31-24(14-45-27(41)8-6-25(37)38)46-20-5-3-16(11-22(20)47-31)32-33(49-28(42)9-7-26(39)40)30(43)29-19(36)12-17(34)13-23(29)48-32;;;;/h2-5,10-13,24,31-36H,6-9,14H2,1H3,(H,37,38)(H,39,40);1H;;;/q;;3*+1/p-3/t24-,31-,32-,33+;;;;/m1..../s1. The number of Topliss-reactive ketones (excluding diaryl/α,β-unsaturated/α-hetero) is 1. The number of fused-ring (bicyclic) bond motifs is 2. The fourth-order valence-corrected chi connectivity index (χ4v) is 5.22. The van der Waals surface area contributed by atoms with Crippen molar-refractivity contribution in [2.24, 2.45) is 0 Å². The van der Waals surface area contributed by atoms with Crippen molar-refractivity contribution in [2.45, 2.75) is 50.1 Å². The van der Waals surface area contributed by atoms with Crippen LogP contribution in [0.15, 0.2) is 48.5 Å². The summed E-state index contributed by atoms with van der Waals surface area (Å²) in [6.07, 6.45) is -7.41. The number of hydrogen-bond acceptors (Lipinski definition) is 16. The van der Waals surface area contributed by atoms with Crippen LogP contribution in [0.5, 0.6) is 40.2 Å². The van der Waals surface area contributed by atoms with Crippen LogP contribution >= 0.6 is 0 Å². The second-order valence-corrected chi connectivity index (χ2v) is 10.9. The van der Waals surface area contributed by atoms with Gasteiger partial charge in [-0.2, -0.15) is 0 Å². The molecule has 5 rings (SSSR count). The number of carbonyl (C=O) groups is 5. The average molecular weight is 801 g/mol. The van der Waals surface area contributed by atoms with Crippen molar-refractivity contribution >= 4 is 29.7 Å². The quantitative estimate of drug-likeness (QED) is 0.114. The van der Waals surface area contributed by atoms with Gasteiger partial charge in [0.15, 0.2) is 41.3 Å². The van der Waals surface area contributed by atoms with Crippen LogP contribution < -0.4 is 152 Å². The van der Waals surface area contributed by atoms with E-state index in [1.54, 1.807) is 0 Å². The summed E-state index contributed by atoms with van der Waals surface area (Å²) in [5.74, 6) is -6.88. The van der Waals surface area contributed by atoms with Crippen molar-refractivity contribution in [1.29, 1.82) is 0 Å². The fourth-order valence-electron chi connectivity index (χ4n) is 5.22. The molecule has 2 heterocycles. The molecule has 3 aromatic carbocycles. The third kappa shape index (κ3) is 12.1. The van der Waals surface area contributed by atoms with Crippen LogP contribution in [0.2, 0.25) is 0 Å². The smallest absolute Gasteiger partial charge is 1.00 e. The number of benzene rings is 3. The Kier molecular flexibility index (Phi) is 20.0. The average Bonchev–Trinajstić information content (AvgIpc) is 3.05. The molecule has 53 heavy (non-hydrogen) atoms. The van der Waals surface area contributed by atoms with Gasteiger partial charge in [-0.1, -0.05) is 12.1 Å². The Hall–Kier alpha value is -2.26. The number of ketones is 1. The topological polar surface area (TPSA) is 248 Å². The molecule has 266 valence electrons. The molecule has 0 saturated carbocycles. The summed E-state index contributed by atoms with van der Waals surface area (Å²) >= 11 is 0. The van der Waals surface area contributed by atoms with Crippen molar-refractivity contribution in [3.05, 3.63) is 65.2 Å². The number of carboxylic acid groups (broad SMARTS) is 2. The first-order valence-electron chi connectivity index (χ1n) is 14.7. The molecule has 0 aromatic heterocycles. The zero-order chi connectivity index (χ0) is 35.4. The van der Waals surface area contributed by atoms with E-state index >= 15 is 0 Å². The molecule has 0 spiro atoms. The van der Waals surface area contributed by atoms with E-state index < -0.39 is 91.3 Å². The summed E-state index contributed by atoms with van der Waals surface area (Å²) in [7, 11) is 1.33. The summed E-state index contributed by atoms with van der Waals surface area (Å²) in [6.45, 7) is -0.380. The second-order valence-electron chi connectivity index (χ2n) is 10.9. The van der Waals surface area contributed by atoms with Crippen LogP contribution in [-0.2, 0) is 28.7 Å². The Labute approximate surface area is 394 Å². The molecule has 3 N–H and O–H groups in total. The molecule has 0 aliphatic carbocycles. The van der Waals surface area contributed by atoms with E-state index in [0.717, 1.165) is 12.1 Å². The molecule has 0 radical (unpaired) electrons. The number of rotatable bonds is 12. The number of halogens is 1. The molecule has 3 aromatic rings. The molecule has 2 aliphatic heterocycles. The van der Waals surface area contributed by atoms with Gasteiger partial charge in [0.2, 0.25) is 11.9 Å². The Bertz CT molecular complexity index is 1830. The number of esters is 2. The summed E-state index contributed by atoms with van der Waals surface area (Å²) < 4.78 is 34.2. The van der Waals surface area contributed by atoms with Gasteiger partial charge in [0, 0.05) is 35.2 Å². The number of aromatic hydroxyl groups is 3. The van der Waals surface area contributed by atoms with Crippen LogP contribution in [0.25, 0.3) is 0 Å². The van der Waals surface area contributed by atoms with Crippen LogP contribution in [-0.4, -0.2) is 70.9 Å². The van der Waals surface area contributed by atoms with Crippen molar-refractivity contribution in [2.75, 3.05) is 13.7 Å². The monoisotopic (exact) mass is 800 g/mol. The molecule has 0 fully saturated rings. The molecular formula is C33H28ClKNa2O16. The van der Waals surface area contributed by atoms with Crippen LogP contribution in [0.4, 0.5) is 0 Å². The van der Waals surface area contributed by atoms with E-state index in [1.807, 2.05) is 0 Å². The normalized spacial score (nSPS) is 17.7. The van der Waals surface area contributed by atoms with E-state index in [-0.39, 0.29) is 169 Å². The summed E-state index contributed by atoms with van der Waals surface area (Å²) in [5, 5.41) is 52.2. The van der Waals surface area contributed by atoms with E-state index in [9.17, 15) is 49.5 Å². The first-order chi connectivity index (χ1) is 23.3. The minimum Gasteiger partial charge on any atom is -1.00 e. The predicted molar refractivity (Wildman–Crippen MR) is 156 cm³/mol. The van der Waals surface area contributed by atoms with Crippen molar-refractivity contribution in [1.82, 2.24) is 0 Å². The maximum absolute atomic E-state index is 13.6. The Morgan fingerprint density at radius 3 is 1.98 bits per heavy atom. The maximum atomic E-state index is 13.6. The molecule has 0 amide bonds. The Balaban J connectivity index is 0.00000351. The number of methoxy groups -OCH3 is 1. The second kappa shape index (κ2) is 21.7. The molecule has 0 unspecified atom stereocenters. The van der Waals surface area contributed by atoms with E-state index in [4.69, 9.17) is 28.4 Å². The molecule has 0 saturated heterocycles. The van der Waals surface area contributed by atoms with E-state index in [2.05, 4.69) is 0 Å². The van der Waals surface area contributed by atoms with Crippen molar-refractivity contribution in [3.63, 3.8) is 0 Å². The van der Waals surface area contributed by atoms with Gasteiger partial charge in [-0.15, -0.1) is 0 Å². The van der Waals surface area contributed by atoms with Gasteiger partial charge in [0.1, 0.15) is 29.4 Å². The van der Waals surface area contributed by atoms with Crippen LogP contribution in [0.3, 0.4) is 0 Å². The minimum atomic E-state index is -1.72. The first kappa shape index (κ1) is 48.8. The largest absolute Gasteiger partial charge is 1.00 e. The number of hydrogen-bond donors (Lipinski definition) is 3. The number of phenolic OH excluding ortho intramolecular Hbond substituents is 3. The van der Waals surface area contributed by atoms with Crippen molar-refractivity contribution in [3.8, 4) is 40.2 Å². The fraction of sp³-hybridized carbons (Fsp3) is 0.303. The van der Waals surface area contributed by atoms with Gasteiger partial charge in [0.05, 0.1) is 20.0 Å². The zero-order valence-corrected chi connectivity index (χ0v) is 36.9. The molecule has 16 nitrogen and oxygen atoms in total. The van der Waals surface area contributed by atoms with Gasteiger partial charge < -0.3 is 75.9 Å². The van der Waals surface area contributed by atoms with Crippen LogP contribution in [0.1, 0.15) is 59.4 Å². The number of ether oxygens (including phenoxy) is 6. The van der Waals surface area contributed by atoms with Gasteiger partial charge in [-0.3, -0.25) is 14.4 Å². The molecule has 0 bridgehead atoms. The van der Waals surface area contributed by atoms with Gasteiger partial charge in [0.25, 0.3) is 0 Å². The summed E-state index contributed by atoms with van der Waals surface area (Å²) in [4.78, 5) is 60.0. The third-order valence-electron chi connectivity index (χ3n) is 7.53. The van der Waals surface area contributed by atoms with E-state index in [1.165, 1.54) is 43.5 Å². The SMILES string of the molecule is COc1cc([C@H]2Oc3cc([C@H]4Oc5cc(O)cc(O)c5C(=O)[C@@H]4OC(=O)CCC(=O)[O-])ccc3O[C@@H]2COC(=O)CCC(=O)[O-])ccc1O.[Cl-].[K+].[Na+].[Na+]. The predicted octanol–water partition coefficient (Wildman–Crippen LogP) is -11.5. The maximum Gasteiger partial charge on any atom is 1.00 e. The Morgan fingerprint density at radius 1 is 0.736 bits per heavy atom. The van der Waals surface area contributed by atoms with Crippen LogP contribution in [0, 0.1) is 0 Å². The molecule has 2 aliphatic rings.